The van der Waals surface area contributed by atoms with Crippen molar-refractivity contribution in [2.45, 2.75) is 31.8 Å². The van der Waals surface area contributed by atoms with Crippen molar-refractivity contribution in [1.29, 1.82) is 0 Å². The zero-order valence-corrected chi connectivity index (χ0v) is 11.8. The summed E-state index contributed by atoms with van der Waals surface area (Å²) in [5, 5.41) is 0. The third-order valence-corrected chi connectivity index (χ3v) is 4.15. The van der Waals surface area contributed by atoms with Crippen LogP contribution in [0.1, 0.15) is 24.8 Å². The Morgan fingerprint density at radius 2 is 2.05 bits per heavy atom. The standard InChI is InChI=1S/C16H22N4/c17-11-16-3-1-2-9-19(16)12-14-4-6-15(7-5-14)20-10-8-18-13-20/h4-8,10,13,16H,1-3,9,11-12,17H2. The van der Waals surface area contributed by atoms with Crippen molar-refractivity contribution < 1.29 is 0 Å². The molecule has 1 aromatic heterocycles. The third kappa shape index (κ3) is 2.92. The Labute approximate surface area is 120 Å². The maximum absolute atomic E-state index is 5.88. The highest BCUT2D eigenvalue weighted by atomic mass is 15.2. The fourth-order valence-corrected chi connectivity index (χ4v) is 2.95. The van der Waals surface area contributed by atoms with Gasteiger partial charge in [0.15, 0.2) is 0 Å². The Hall–Kier alpha value is -1.65. The molecule has 1 unspecified atom stereocenters. The largest absolute Gasteiger partial charge is 0.329 e. The lowest BCUT2D eigenvalue weighted by Gasteiger charge is -2.35. The minimum atomic E-state index is 0.553. The Morgan fingerprint density at radius 3 is 2.75 bits per heavy atom. The summed E-state index contributed by atoms with van der Waals surface area (Å²) in [7, 11) is 0. The molecular formula is C16H22N4. The third-order valence-electron chi connectivity index (χ3n) is 4.15. The van der Waals surface area contributed by atoms with Gasteiger partial charge in [-0.25, -0.2) is 4.98 Å². The van der Waals surface area contributed by atoms with E-state index in [1.165, 1.54) is 31.4 Å². The molecule has 2 N–H and O–H groups in total. The summed E-state index contributed by atoms with van der Waals surface area (Å²) in [6.07, 6.45) is 9.44. The molecule has 1 aromatic carbocycles. The smallest absolute Gasteiger partial charge is 0.0991 e. The molecule has 4 heteroatoms. The first kappa shape index (κ1) is 13.3. The minimum absolute atomic E-state index is 0.553. The number of rotatable bonds is 4. The molecule has 1 aliphatic heterocycles. The number of hydrogen-bond donors (Lipinski definition) is 1. The molecule has 0 aliphatic carbocycles. The number of likely N-dealkylation sites (tertiary alicyclic amines) is 1. The fourth-order valence-electron chi connectivity index (χ4n) is 2.95. The van der Waals surface area contributed by atoms with Crippen LogP contribution in [-0.2, 0) is 6.54 Å². The van der Waals surface area contributed by atoms with Crippen molar-refractivity contribution in [3.63, 3.8) is 0 Å². The highest BCUT2D eigenvalue weighted by Gasteiger charge is 2.20. The molecule has 0 radical (unpaired) electrons. The number of aromatic nitrogens is 2. The van der Waals surface area contributed by atoms with E-state index in [0.29, 0.717) is 6.04 Å². The highest BCUT2D eigenvalue weighted by Crippen LogP contribution is 2.19. The first-order chi connectivity index (χ1) is 9.86. The van der Waals surface area contributed by atoms with Gasteiger partial charge in [0.25, 0.3) is 0 Å². The molecule has 0 spiro atoms. The second-order valence-corrected chi connectivity index (χ2v) is 5.49. The number of hydrogen-bond acceptors (Lipinski definition) is 3. The van der Waals surface area contributed by atoms with E-state index in [1.54, 1.807) is 6.20 Å². The van der Waals surface area contributed by atoms with Gasteiger partial charge >= 0.3 is 0 Å². The van der Waals surface area contributed by atoms with Crippen LogP contribution in [0.5, 0.6) is 0 Å². The van der Waals surface area contributed by atoms with Crippen molar-refractivity contribution in [2.24, 2.45) is 5.73 Å². The van der Waals surface area contributed by atoms with E-state index in [4.69, 9.17) is 5.73 Å². The van der Waals surface area contributed by atoms with Gasteiger partial charge in [0.2, 0.25) is 0 Å². The van der Waals surface area contributed by atoms with Gasteiger partial charge in [-0.05, 0) is 37.1 Å². The van der Waals surface area contributed by atoms with Crippen LogP contribution in [0.4, 0.5) is 0 Å². The lowest BCUT2D eigenvalue weighted by molar-refractivity contribution is 0.145. The van der Waals surface area contributed by atoms with E-state index in [-0.39, 0.29) is 0 Å². The molecule has 3 rings (SSSR count). The van der Waals surface area contributed by atoms with E-state index >= 15 is 0 Å². The monoisotopic (exact) mass is 270 g/mol. The van der Waals surface area contributed by atoms with Gasteiger partial charge in [-0.3, -0.25) is 4.90 Å². The maximum Gasteiger partial charge on any atom is 0.0991 e. The second kappa shape index (κ2) is 6.20. The number of imidazole rings is 1. The van der Waals surface area contributed by atoms with Crippen molar-refractivity contribution in [3.05, 3.63) is 48.5 Å². The maximum atomic E-state index is 5.88. The van der Waals surface area contributed by atoms with Crippen LogP contribution in [0.15, 0.2) is 43.0 Å². The van der Waals surface area contributed by atoms with Gasteiger partial charge in [-0.1, -0.05) is 18.6 Å². The van der Waals surface area contributed by atoms with Crippen LogP contribution < -0.4 is 5.73 Å². The summed E-state index contributed by atoms with van der Waals surface area (Å²) in [4.78, 5) is 6.60. The minimum Gasteiger partial charge on any atom is -0.329 e. The number of nitrogens with two attached hydrogens (primary N) is 1. The lowest BCUT2D eigenvalue weighted by atomic mass is 10.0. The molecule has 1 saturated heterocycles. The van der Waals surface area contributed by atoms with E-state index in [2.05, 4.69) is 34.1 Å². The average molecular weight is 270 g/mol. The van der Waals surface area contributed by atoms with E-state index in [0.717, 1.165) is 18.8 Å². The zero-order chi connectivity index (χ0) is 13.8. The van der Waals surface area contributed by atoms with Crippen LogP contribution in [0, 0.1) is 0 Å². The van der Waals surface area contributed by atoms with Gasteiger partial charge in [0, 0.05) is 37.2 Å². The van der Waals surface area contributed by atoms with Gasteiger partial charge < -0.3 is 10.3 Å². The molecule has 0 saturated carbocycles. The van der Waals surface area contributed by atoms with Gasteiger partial charge in [-0.2, -0.15) is 0 Å². The predicted octanol–water partition coefficient (Wildman–Crippen LogP) is 2.19. The van der Waals surface area contributed by atoms with Crippen LogP contribution in [0.2, 0.25) is 0 Å². The molecule has 1 fully saturated rings. The normalized spacial score (nSPS) is 20.1. The SMILES string of the molecule is NCC1CCCCN1Cc1ccc(-n2ccnc2)cc1. The quantitative estimate of drug-likeness (QED) is 0.926. The number of benzene rings is 1. The first-order valence-electron chi connectivity index (χ1n) is 7.38. The molecule has 1 aliphatic rings. The molecule has 0 amide bonds. The van der Waals surface area contributed by atoms with E-state index < -0.39 is 0 Å². The number of nitrogens with zero attached hydrogens (tertiary/aromatic N) is 3. The summed E-state index contributed by atoms with van der Waals surface area (Å²) >= 11 is 0. The molecule has 20 heavy (non-hydrogen) atoms. The van der Waals surface area contributed by atoms with Crippen molar-refractivity contribution in [3.8, 4) is 5.69 Å². The molecule has 106 valence electrons. The topological polar surface area (TPSA) is 47.1 Å². The summed E-state index contributed by atoms with van der Waals surface area (Å²) in [6, 6.07) is 9.27. The number of piperidine rings is 1. The van der Waals surface area contributed by atoms with Crippen LogP contribution in [-0.4, -0.2) is 33.6 Å². The molecule has 2 heterocycles. The van der Waals surface area contributed by atoms with Crippen LogP contribution in [0.25, 0.3) is 5.69 Å². The molecule has 4 nitrogen and oxygen atoms in total. The average Bonchev–Trinajstić information content (AvgIpc) is 3.03. The van der Waals surface area contributed by atoms with Crippen LogP contribution >= 0.6 is 0 Å². The Balaban J connectivity index is 1.68. The summed E-state index contributed by atoms with van der Waals surface area (Å²) in [5.41, 5.74) is 8.39. The van der Waals surface area contributed by atoms with Crippen molar-refractivity contribution in [2.75, 3.05) is 13.1 Å². The summed E-state index contributed by atoms with van der Waals surface area (Å²) in [6.45, 7) is 2.95. The Kier molecular flexibility index (Phi) is 4.14. The summed E-state index contributed by atoms with van der Waals surface area (Å²) < 4.78 is 2.02. The van der Waals surface area contributed by atoms with E-state index in [1.807, 2.05) is 17.1 Å². The highest BCUT2D eigenvalue weighted by molar-refractivity contribution is 5.34. The van der Waals surface area contributed by atoms with Gasteiger partial charge in [0.1, 0.15) is 0 Å². The first-order valence-corrected chi connectivity index (χ1v) is 7.38. The molecule has 2 aromatic rings. The van der Waals surface area contributed by atoms with Gasteiger partial charge in [0.05, 0.1) is 6.33 Å². The summed E-state index contributed by atoms with van der Waals surface area (Å²) in [5.74, 6) is 0. The molecule has 0 bridgehead atoms. The van der Waals surface area contributed by atoms with Gasteiger partial charge in [-0.15, -0.1) is 0 Å². The van der Waals surface area contributed by atoms with E-state index in [9.17, 15) is 0 Å². The van der Waals surface area contributed by atoms with Crippen LogP contribution in [0.3, 0.4) is 0 Å². The van der Waals surface area contributed by atoms with Crippen molar-refractivity contribution in [1.82, 2.24) is 14.5 Å². The zero-order valence-electron chi connectivity index (χ0n) is 11.8. The van der Waals surface area contributed by atoms with Crippen molar-refractivity contribution >= 4 is 0 Å². The molecule has 1 atom stereocenters. The molecular weight excluding hydrogens is 248 g/mol. The fraction of sp³-hybridized carbons (Fsp3) is 0.438. The second-order valence-electron chi connectivity index (χ2n) is 5.49. The predicted molar refractivity (Wildman–Crippen MR) is 80.7 cm³/mol. The Morgan fingerprint density at radius 1 is 1.20 bits per heavy atom. The lowest BCUT2D eigenvalue weighted by Crippen LogP contribution is -2.43. The Bertz CT molecular complexity index is 518.